The number of carbonyl (C=O) groups excluding carboxylic acids is 2. The number of rotatable bonds is 11. The molecule has 0 aliphatic rings. The van der Waals surface area contributed by atoms with E-state index >= 15 is 0 Å². The van der Waals surface area contributed by atoms with Crippen LogP contribution in [0.2, 0.25) is 10.0 Å². The van der Waals surface area contributed by atoms with Crippen LogP contribution in [0.3, 0.4) is 0 Å². The number of sulfonamides is 1. The molecule has 0 heterocycles. The lowest BCUT2D eigenvalue weighted by atomic mass is 10.0. The second kappa shape index (κ2) is 12.6. The van der Waals surface area contributed by atoms with Crippen LogP contribution in [0.15, 0.2) is 42.5 Å². The highest BCUT2D eigenvalue weighted by Crippen LogP contribution is 2.25. The molecule has 0 aliphatic carbocycles. The Bertz CT molecular complexity index is 1140. The molecule has 2 aromatic rings. The molecule has 0 saturated carbocycles. The van der Waals surface area contributed by atoms with Gasteiger partial charge in [-0.1, -0.05) is 62.2 Å². The molecule has 10 heteroatoms. The SMILES string of the molecule is CCCNC(=O)[C@H](C)N(Cc1ccc(Cl)cc1Cl)C(=O)CN(c1ccc(C(C)C)cc1)S(C)(=O)=O. The van der Waals surface area contributed by atoms with Gasteiger partial charge in [0, 0.05) is 23.1 Å². The predicted molar refractivity (Wildman–Crippen MR) is 142 cm³/mol. The van der Waals surface area contributed by atoms with Gasteiger partial charge in [-0.05, 0) is 54.7 Å². The maximum absolute atomic E-state index is 13.5. The number of nitrogens with zero attached hydrogens (tertiary/aromatic N) is 2. The van der Waals surface area contributed by atoms with Gasteiger partial charge in [-0.3, -0.25) is 13.9 Å². The minimum Gasteiger partial charge on any atom is -0.354 e. The fourth-order valence-electron chi connectivity index (χ4n) is 3.45. The van der Waals surface area contributed by atoms with Gasteiger partial charge in [0.1, 0.15) is 12.6 Å². The topological polar surface area (TPSA) is 86.8 Å². The quantitative estimate of drug-likeness (QED) is 0.441. The zero-order valence-corrected chi connectivity index (χ0v) is 23.0. The van der Waals surface area contributed by atoms with Crippen LogP contribution in [-0.2, 0) is 26.2 Å². The van der Waals surface area contributed by atoms with Gasteiger partial charge in [-0.2, -0.15) is 0 Å². The summed E-state index contributed by atoms with van der Waals surface area (Å²) in [4.78, 5) is 27.6. The van der Waals surface area contributed by atoms with Crippen molar-refractivity contribution in [1.29, 1.82) is 0 Å². The van der Waals surface area contributed by atoms with Crippen molar-refractivity contribution in [2.24, 2.45) is 0 Å². The number of hydrogen-bond donors (Lipinski definition) is 1. The van der Waals surface area contributed by atoms with E-state index in [1.807, 2.05) is 32.9 Å². The van der Waals surface area contributed by atoms with Crippen LogP contribution in [0.5, 0.6) is 0 Å². The van der Waals surface area contributed by atoms with Crippen LogP contribution >= 0.6 is 23.2 Å². The molecule has 0 aromatic heterocycles. The van der Waals surface area contributed by atoms with E-state index in [1.54, 1.807) is 37.3 Å². The van der Waals surface area contributed by atoms with E-state index in [9.17, 15) is 18.0 Å². The maximum Gasteiger partial charge on any atom is 0.244 e. The van der Waals surface area contributed by atoms with E-state index in [0.717, 1.165) is 22.5 Å². The Morgan fingerprint density at radius 2 is 1.66 bits per heavy atom. The predicted octanol–water partition coefficient (Wildman–Crippen LogP) is 4.83. The Morgan fingerprint density at radius 3 is 2.17 bits per heavy atom. The molecule has 2 amide bonds. The molecule has 0 unspecified atom stereocenters. The molecule has 2 rings (SSSR count). The number of benzene rings is 2. The Hall–Kier alpha value is -2.29. The maximum atomic E-state index is 13.5. The summed E-state index contributed by atoms with van der Waals surface area (Å²) in [5.41, 5.74) is 2.01. The third kappa shape index (κ3) is 8.12. The van der Waals surface area contributed by atoms with E-state index < -0.39 is 28.5 Å². The molecule has 1 N–H and O–H groups in total. The zero-order chi connectivity index (χ0) is 26.3. The van der Waals surface area contributed by atoms with E-state index in [0.29, 0.717) is 27.8 Å². The third-order valence-electron chi connectivity index (χ3n) is 5.60. The van der Waals surface area contributed by atoms with Crippen molar-refractivity contribution in [3.8, 4) is 0 Å². The second-order valence-corrected chi connectivity index (χ2v) is 11.5. The number of carbonyl (C=O) groups is 2. The monoisotopic (exact) mass is 541 g/mol. The number of halogens is 2. The average molecular weight is 543 g/mol. The Labute approximate surface area is 218 Å². The fourth-order valence-corrected chi connectivity index (χ4v) is 4.77. The van der Waals surface area contributed by atoms with E-state index in [1.165, 1.54) is 4.90 Å². The first-order valence-electron chi connectivity index (χ1n) is 11.4. The molecule has 35 heavy (non-hydrogen) atoms. The molecule has 192 valence electrons. The number of hydrogen-bond acceptors (Lipinski definition) is 4. The summed E-state index contributed by atoms with van der Waals surface area (Å²) < 4.78 is 26.3. The van der Waals surface area contributed by atoms with Crippen molar-refractivity contribution in [3.05, 3.63) is 63.6 Å². The van der Waals surface area contributed by atoms with Gasteiger partial charge < -0.3 is 10.2 Å². The lowest BCUT2D eigenvalue weighted by Crippen LogP contribution is -2.51. The minimum atomic E-state index is -3.78. The summed E-state index contributed by atoms with van der Waals surface area (Å²) in [5.74, 6) is -0.592. The fraction of sp³-hybridized carbons (Fsp3) is 0.440. The van der Waals surface area contributed by atoms with Gasteiger partial charge in [0.05, 0.1) is 11.9 Å². The molecule has 0 fully saturated rings. The molecular weight excluding hydrogens is 509 g/mol. The molecular formula is C25H33Cl2N3O4S. The first-order valence-corrected chi connectivity index (χ1v) is 14.0. The van der Waals surface area contributed by atoms with Crippen molar-refractivity contribution in [2.45, 2.75) is 52.6 Å². The summed E-state index contributed by atoms with van der Waals surface area (Å²) in [6, 6.07) is 11.1. The smallest absolute Gasteiger partial charge is 0.244 e. The molecule has 0 radical (unpaired) electrons. The number of amides is 2. The molecule has 0 bridgehead atoms. The lowest BCUT2D eigenvalue weighted by Gasteiger charge is -2.31. The average Bonchev–Trinajstić information content (AvgIpc) is 2.79. The summed E-state index contributed by atoms with van der Waals surface area (Å²) >= 11 is 12.3. The summed E-state index contributed by atoms with van der Waals surface area (Å²) in [5, 5.41) is 3.58. The van der Waals surface area contributed by atoms with Crippen LogP contribution in [0.25, 0.3) is 0 Å². The lowest BCUT2D eigenvalue weighted by molar-refractivity contribution is -0.139. The zero-order valence-electron chi connectivity index (χ0n) is 20.7. The van der Waals surface area contributed by atoms with Gasteiger partial charge in [-0.15, -0.1) is 0 Å². The Morgan fingerprint density at radius 1 is 1.03 bits per heavy atom. The second-order valence-electron chi connectivity index (χ2n) is 8.74. The highest BCUT2D eigenvalue weighted by atomic mass is 35.5. The Kier molecular flexibility index (Phi) is 10.4. The van der Waals surface area contributed by atoms with Crippen LogP contribution in [0, 0.1) is 0 Å². The van der Waals surface area contributed by atoms with Gasteiger partial charge in [-0.25, -0.2) is 8.42 Å². The van der Waals surface area contributed by atoms with Crippen molar-refractivity contribution in [1.82, 2.24) is 10.2 Å². The molecule has 1 atom stereocenters. The van der Waals surface area contributed by atoms with Gasteiger partial charge in [0.2, 0.25) is 21.8 Å². The van der Waals surface area contributed by atoms with E-state index in [-0.39, 0.29) is 18.4 Å². The van der Waals surface area contributed by atoms with E-state index in [2.05, 4.69) is 5.32 Å². The standard InChI is InChI=1S/C25H33Cl2N3O4S/c1-6-13-28-25(32)18(4)29(15-20-7-10-21(26)14-23(20)27)24(31)16-30(35(5,33)34)22-11-8-19(9-12-22)17(2)3/h7-12,14,17-18H,6,13,15-16H2,1-5H3,(H,28,32)/t18-/m0/s1. The van der Waals surface area contributed by atoms with Crippen LogP contribution < -0.4 is 9.62 Å². The molecule has 0 spiro atoms. The molecule has 2 aromatic carbocycles. The Balaban J connectivity index is 2.40. The van der Waals surface area contributed by atoms with Gasteiger partial charge in [0.25, 0.3) is 0 Å². The first-order chi connectivity index (χ1) is 16.3. The normalized spacial score (nSPS) is 12.3. The van der Waals surface area contributed by atoms with Crippen molar-refractivity contribution < 1.29 is 18.0 Å². The largest absolute Gasteiger partial charge is 0.354 e. The summed E-state index contributed by atoms with van der Waals surface area (Å²) in [6.45, 7) is 7.63. The summed E-state index contributed by atoms with van der Waals surface area (Å²) in [7, 11) is -3.78. The highest BCUT2D eigenvalue weighted by molar-refractivity contribution is 7.92. The molecule has 0 saturated heterocycles. The van der Waals surface area contributed by atoms with Crippen molar-refractivity contribution in [3.63, 3.8) is 0 Å². The van der Waals surface area contributed by atoms with Crippen molar-refractivity contribution in [2.75, 3.05) is 23.7 Å². The molecule has 7 nitrogen and oxygen atoms in total. The first kappa shape index (κ1) is 28.9. The van der Waals surface area contributed by atoms with Crippen LogP contribution in [0.1, 0.15) is 51.2 Å². The third-order valence-corrected chi connectivity index (χ3v) is 7.33. The minimum absolute atomic E-state index is 0.0133. The van der Waals surface area contributed by atoms with Crippen molar-refractivity contribution >= 4 is 50.7 Å². The van der Waals surface area contributed by atoms with Crippen LogP contribution in [0.4, 0.5) is 5.69 Å². The number of nitrogens with one attached hydrogen (secondary N) is 1. The number of anilines is 1. The van der Waals surface area contributed by atoms with Gasteiger partial charge >= 0.3 is 0 Å². The summed E-state index contributed by atoms with van der Waals surface area (Å²) in [6.07, 6.45) is 1.79. The van der Waals surface area contributed by atoms with Crippen LogP contribution in [-0.4, -0.2) is 50.5 Å². The highest BCUT2D eigenvalue weighted by Gasteiger charge is 2.30. The van der Waals surface area contributed by atoms with E-state index in [4.69, 9.17) is 23.2 Å². The molecule has 0 aliphatic heterocycles. The van der Waals surface area contributed by atoms with Gasteiger partial charge in [0.15, 0.2) is 0 Å².